The third kappa shape index (κ3) is 3.82. The number of hydrogen-bond acceptors (Lipinski definition) is 4. The zero-order valence-electron chi connectivity index (χ0n) is 11.0. The highest BCUT2D eigenvalue weighted by Gasteiger charge is 2.03. The van der Waals surface area contributed by atoms with E-state index < -0.39 is 0 Å². The highest BCUT2D eigenvalue weighted by Crippen LogP contribution is 2.05. The van der Waals surface area contributed by atoms with Gasteiger partial charge in [-0.2, -0.15) is 5.26 Å². The number of nitriles is 1. The van der Waals surface area contributed by atoms with Crippen LogP contribution in [0.2, 0.25) is 0 Å². The Hall–Kier alpha value is -2.87. The molecule has 0 saturated heterocycles. The Balaban J connectivity index is 2.09. The van der Waals surface area contributed by atoms with Crippen molar-refractivity contribution in [3.63, 3.8) is 0 Å². The van der Waals surface area contributed by atoms with E-state index in [0.29, 0.717) is 23.6 Å². The second-order valence-corrected chi connectivity index (χ2v) is 4.21. The Kier molecular flexibility index (Phi) is 4.68. The predicted octanol–water partition coefficient (Wildman–Crippen LogP) is 1.72. The lowest BCUT2D eigenvalue weighted by Crippen LogP contribution is -2.20. The minimum atomic E-state index is 0.489. The fourth-order valence-electron chi connectivity index (χ4n) is 1.78. The molecule has 1 aromatic carbocycles. The highest BCUT2D eigenvalue weighted by atomic mass is 15.0. The minimum Gasteiger partial charge on any atom is -0.397 e. The van der Waals surface area contributed by atoms with Crippen LogP contribution in [0, 0.1) is 11.5 Å². The molecule has 0 bridgehead atoms. The summed E-state index contributed by atoms with van der Waals surface area (Å²) < 4.78 is 0. The lowest BCUT2D eigenvalue weighted by Gasteiger charge is -2.05. The largest absolute Gasteiger partial charge is 0.397 e. The first-order valence-corrected chi connectivity index (χ1v) is 6.24. The van der Waals surface area contributed by atoms with Crippen LogP contribution >= 0.6 is 0 Å². The summed E-state index contributed by atoms with van der Waals surface area (Å²) >= 11 is 0. The molecule has 5 heteroatoms. The second kappa shape index (κ2) is 6.90. The van der Waals surface area contributed by atoms with Gasteiger partial charge < -0.3 is 5.73 Å². The van der Waals surface area contributed by atoms with Crippen LogP contribution in [-0.4, -0.2) is 17.4 Å². The van der Waals surface area contributed by atoms with Gasteiger partial charge in [-0.15, -0.1) is 0 Å². The van der Waals surface area contributed by atoms with E-state index in [-0.39, 0.29) is 0 Å². The molecule has 20 heavy (non-hydrogen) atoms. The fraction of sp³-hybridized carbons (Fsp3) is 0.133. The number of hydrogen-bond donors (Lipinski definition) is 2. The number of nitrogens with two attached hydrogens (primary N) is 1. The first kappa shape index (κ1) is 13.6. The summed E-state index contributed by atoms with van der Waals surface area (Å²) in [6, 6.07) is 11.8. The summed E-state index contributed by atoms with van der Waals surface area (Å²) in [6.07, 6.45) is 5.88. The maximum Gasteiger partial charge on any atom is 0.182 e. The average Bonchev–Trinajstić information content (AvgIpc) is 2.47. The summed E-state index contributed by atoms with van der Waals surface area (Å²) in [7, 11) is 0. The predicted molar refractivity (Wildman–Crippen MR) is 78.9 cm³/mol. The van der Waals surface area contributed by atoms with Crippen molar-refractivity contribution in [3.8, 4) is 6.19 Å². The lowest BCUT2D eigenvalue weighted by atomic mass is 10.1. The van der Waals surface area contributed by atoms with Gasteiger partial charge in [-0.05, 0) is 18.1 Å². The summed E-state index contributed by atoms with van der Waals surface area (Å²) in [5.41, 5.74) is 8.14. The molecule has 0 atom stereocenters. The first-order valence-electron chi connectivity index (χ1n) is 6.24. The molecule has 0 saturated carbocycles. The number of nitrogens with zero attached hydrogens (tertiary/aromatic N) is 3. The van der Waals surface area contributed by atoms with Gasteiger partial charge in [0.05, 0.1) is 5.69 Å². The van der Waals surface area contributed by atoms with Crippen molar-refractivity contribution in [3.05, 3.63) is 59.9 Å². The Morgan fingerprint density at radius 2 is 2.10 bits per heavy atom. The molecular weight excluding hydrogens is 250 g/mol. The van der Waals surface area contributed by atoms with Crippen molar-refractivity contribution in [2.24, 2.45) is 4.99 Å². The van der Waals surface area contributed by atoms with Crippen LogP contribution in [0.5, 0.6) is 0 Å². The molecule has 1 heterocycles. The number of nitrogen functional groups attached to an aromatic ring is 1. The van der Waals surface area contributed by atoms with Gasteiger partial charge in [-0.1, -0.05) is 30.3 Å². The van der Waals surface area contributed by atoms with E-state index >= 15 is 0 Å². The average molecular weight is 265 g/mol. The van der Waals surface area contributed by atoms with Gasteiger partial charge in [-0.3, -0.25) is 15.3 Å². The fourth-order valence-corrected chi connectivity index (χ4v) is 1.78. The Bertz CT molecular complexity index is 628. The van der Waals surface area contributed by atoms with Crippen LogP contribution in [-0.2, 0) is 6.42 Å². The third-order valence-corrected chi connectivity index (χ3v) is 2.72. The molecular formula is C15H15N5. The van der Waals surface area contributed by atoms with E-state index in [2.05, 4.69) is 27.4 Å². The van der Waals surface area contributed by atoms with Gasteiger partial charge in [0.25, 0.3) is 0 Å². The number of aliphatic imine (C=N–C) groups is 1. The maximum absolute atomic E-state index is 8.79. The van der Waals surface area contributed by atoms with Gasteiger partial charge in [0.2, 0.25) is 0 Å². The molecule has 2 aromatic rings. The van der Waals surface area contributed by atoms with E-state index in [9.17, 15) is 0 Å². The number of anilines is 1. The van der Waals surface area contributed by atoms with E-state index in [1.54, 1.807) is 18.5 Å². The topological polar surface area (TPSA) is 87.1 Å². The number of rotatable bonds is 4. The minimum absolute atomic E-state index is 0.489. The summed E-state index contributed by atoms with van der Waals surface area (Å²) in [5, 5.41) is 11.4. The summed E-state index contributed by atoms with van der Waals surface area (Å²) in [6.45, 7) is 0.586. The molecule has 0 aliphatic rings. The molecule has 0 spiro atoms. The number of nitrogens with one attached hydrogen (secondary N) is 1. The van der Waals surface area contributed by atoms with Crippen LogP contribution in [0.25, 0.3) is 0 Å². The van der Waals surface area contributed by atoms with Crippen LogP contribution in [0.4, 0.5) is 5.69 Å². The van der Waals surface area contributed by atoms with E-state index in [4.69, 9.17) is 11.0 Å². The van der Waals surface area contributed by atoms with E-state index in [1.165, 1.54) is 5.56 Å². The second-order valence-electron chi connectivity index (χ2n) is 4.21. The number of benzene rings is 1. The number of pyridine rings is 1. The molecule has 0 aliphatic carbocycles. The standard InChI is InChI=1S/C15H15N5/c16-11-20-15(13-8-14(17)10-18-9-13)19-7-6-12-4-2-1-3-5-12/h1-5,8-10H,6-7,17H2,(H,19,20). The van der Waals surface area contributed by atoms with Crippen LogP contribution in [0.15, 0.2) is 53.8 Å². The smallest absolute Gasteiger partial charge is 0.182 e. The quantitative estimate of drug-likeness (QED) is 0.381. The summed E-state index contributed by atoms with van der Waals surface area (Å²) in [5.74, 6) is 0.489. The SMILES string of the molecule is N#CNC(=NCCc1ccccc1)c1cncc(N)c1. The van der Waals surface area contributed by atoms with Gasteiger partial charge in [0, 0.05) is 24.5 Å². The van der Waals surface area contributed by atoms with Crippen molar-refractivity contribution in [2.75, 3.05) is 12.3 Å². The Morgan fingerprint density at radius 1 is 1.30 bits per heavy atom. The molecule has 5 nitrogen and oxygen atoms in total. The molecule has 0 aliphatic heterocycles. The monoisotopic (exact) mass is 265 g/mol. The first-order chi connectivity index (χ1) is 9.79. The molecule has 2 rings (SSSR count). The molecule has 1 aromatic heterocycles. The lowest BCUT2D eigenvalue weighted by molar-refractivity contribution is 0.958. The molecule has 0 fully saturated rings. The highest BCUT2D eigenvalue weighted by molar-refractivity contribution is 6.00. The zero-order chi connectivity index (χ0) is 14.2. The summed E-state index contributed by atoms with van der Waals surface area (Å²) in [4.78, 5) is 8.41. The maximum atomic E-state index is 8.79. The molecule has 0 amide bonds. The Morgan fingerprint density at radius 3 is 2.80 bits per heavy atom. The van der Waals surface area contributed by atoms with Crippen LogP contribution < -0.4 is 11.1 Å². The third-order valence-electron chi connectivity index (χ3n) is 2.72. The normalized spacial score (nSPS) is 10.8. The molecule has 0 unspecified atom stereocenters. The van der Waals surface area contributed by atoms with Crippen molar-refractivity contribution < 1.29 is 0 Å². The molecule has 100 valence electrons. The molecule has 0 radical (unpaired) electrons. The van der Waals surface area contributed by atoms with Crippen molar-refractivity contribution in [1.29, 1.82) is 5.26 Å². The van der Waals surface area contributed by atoms with Gasteiger partial charge in [-0.25, -0.2) is 0 Å². The van der Waals surface area contributed by atoms with Crippen molar-refractivity contribution in [2.45, 2.75) is 6.42 Å². The van der Waals surface area contributed by atoms with Crippen molar-refractivity contribution in [1.82, 2.24) is 10.3 Å². The number of aromatic nitrogens is 1. The number of amidine groups is 1. The zero-order valence-corrected chi connectivity index (χ0v) is 11.0. The Labute approximate surface area is 117 Å². The molecule has 3 N–H and O–H groups in total. The van der Waals surface area contributed by atoms with Crippen LogP contribution in [0.3, 0.4) is 0 Å². The van der Waals surface area contributed by atoms with Gasteiger partial charge >= 0.3 is 0 Å². The van der Waals surface area contributed by atoms with Gasteiger partial charge in [0.15, 0.2) is 6.19 Å². The van der Waals surface area contributed by atoms with E-state index in [0.717, 1.165) is 6.42 Å². The van der Waals surface area contributed by atoms with Crippen LogP contribution in [0.1, 0.15) is 11.1 Å². The van der Waals surface area contributed by atoms with Gasteiger partial charge in [0.1, 0.15) is 5.84 Å². The van der Waals surface area contributed by atoms with E-state index in [1.807, 2.05) is 24.4 Å². The van der Waals surface area contributed by atoms with Crippen molar-refractivity contribution >= 4 is 11.5 Å².